The maximum atomic E-state index is 12.4. The minimum atomic E-state index is -0.535. The van der Waals surface area contributed by atoms with Gasteiger partial charge in [-0.25, -0.2) is 0 Å². The molecule has 1 heterocycles. The highest BCUT2D eigenvalue weighted by molar-refractivity contribution is 5.72. The fourth-order valence-corrected chi connectivity index (χ4v) is 10.0. The first-order valence-electron chi connectivity index (χ1n) is 14.2. The number of carbonyl (C=O) groups is 1. The van der Waals surface area contributed by atoms with E-state index in [0.29, 0.717) is 12.8 Å². The highest BCUT2D eigenvalue weighted by atomic mass is 16.5. The fraction of sp³-hybridized carbons (Fsp3) is 0.900. The third kappa shape index (κ3) is 3.26. The molecular formula is C30H48O5. The number of fused-ring (bicyclic) bond motifs is 4. The summed E-state index contributed by atoms with van der Waals surface area (Å²) in [4.78, 5) is 12.4. The molecule has 5 rings (SSSR count). The van der Waals surface area contributed by atoms with E-state index in [1.165, 1.54) is 11.1 Å². The Balaban J connectivity index is 1.54. The minimum Gasteiger partial charge on any atom is -0.462 e. The van der Waals surface area contributed by atoms with Crippen LogP contribution in [0.5, 0.6) is 0 Å². The monoisotopic (exact) mass is 488 g/mol. The molecule has 5 nitrogen and oxygen atoms in total. The van der Waals surface area contributed by atoms with Crippen molar-refractivity contribution in [1.29, 1.82) is 0 Å². The summed E-state index contributed by atoms with van der Waals surface area (Å²) < 4.78 is 5.91. The van der Waals surface area contributed by atoms with Crippen LogP contribution in [0, 0.1) is 45.3 Å². The summed E-state index contributed by atoms with van der Waals surface area (Å²) in [6.45, 7) is 15.3. The maximum Gasteiger partial charge on any atom is 0.308 e. The van der Waals surface area contributed by atoms with Gasteiger partial charge in [-0.15, -0.1) is 0 Å². The van der Waals surface area contributed by atoms with Gasteiger partial charge in [-0.05, 0) is 90.9 Å². The molecule has 198 valence electrons. The zero-order chi connectivity index (χ0) is 25.7. The largest absolute Gasteiger partial charge is 0.462 e. The quantitative estimate of drug-likeness (QED) is 0.375. The number of aliphatic hydroxyl groups is 3. The van der Waals surface area contributed by atoms with E-state index in [0.717, 1.165) is 38.5 Å². The number of hydrogen-bond donors (Lipinski definition) is 3. The Kier molecular flexibility index (Phi) is 5.91. The second-order valence-electron chi connectivity index (χ2n) is 14.3. The number of esters is 1. The third-order valence-electron chi connectivity index (χ3n) is 12.6. The second kappa shape index (κ2) is 8.04. The predicted octanol–water partition coefficient (Wildman–Crippen LogP) is 5.02. The van der Waals surface area contributed by atoms with Crippen molar-refractivity contribution >= 4 is 5.97 Å². The first-order chi connectivity index (χ1) is 16.2. The van der Waals surface area contributed by atoms with Crippen molar-refractivity contribution in [3.05, 3.63) is 11.1 Å². The summed E-state index contributed by atoms with van der Waals surface area (Å²) in [5.74, 6) is 0.470. The van der Waals surface area contributed by atoms with E-state index in [4.69, 9.17) is 4.74 Å². The van der Waals surface area contributed by atoms with E-state index in [1.807, 2.05) is 6.92 Å². The summed E-state index contributed by atoms with van der Waals surface area (Å²) in [5.41, 5.74) is 1.42. The molecule has 0 aromatic heterocycles. The summed E-state index contributed by atoms with van der Waals surface area (Å²) in [6.07, 6.45) is 5.13. The zero-order valence-corrected chi connectivity index (χ0v) is 22.9. The molecule has 4 aliphatic carbocycles. The Labute approximate surface area is 211 Å². The van der Waals surface area contributed by atoms with Crippen LogP contribution in [0.25, 0.3) is 0 Å². The predicted molar refractivity (Wildman–Crippen MR) is 135 cm³/mol. The fourth-order valence-electron chi connectivity index (χ4n) is 10.0. The van der Waals surface area contributed by atoms with Crippen molar-refractivity contribution in [3.8, 4) is 0 Å². The summed E-state index contributed by atoms with van der Waals surface area (Å²) in [5, 5.41) is 34.5. The summed E-state index contributed by atoms with van der Waals surface area (Å²) in [6, 6.07) is 0. The van der Waals surface area contributed by atoms with Gasteiger partial charge in [-0.1, -0.05) is 54.0 Å². The van der Waals surface area contributed by atoms with Crippen molar-refractivity contribution in [2.75, 3.05) is 0 Å². The van der Waals surface area contributed by atoms with E-state index >= 15 is 0 Å². The molecule has 3 N–H and O–H groups in total. The van der Waals surface area contributed by atoms with Gasteiger partial charge in [0.15, 0.2) is 0 Å². The molecule has 0 spiro atoms. The van der Waals surface area contributed by atoms with Gasteiger partial charge in [0.2, 0.25) is 0 Å². The van der Waals surface area contributed by atoms with Crippen LogP contribution in [0.15, 0.2) is 11.1 Å². The van der Waals surface area contributed by atoms with E-state index in [-0.39, 0.29) is 63.5 Å². The Morgan fingerprint density at radius 2 is 1.63 bits per heavy atom. The highest BCUT2D eigenvalue weighted by Crippen LogP contribution is 2.72. The lowest BCUT2D eigenvalue weighted by Gasteiger charge is -2.64. The molecule has 5 heteroatoms. The van der Waals surface area contributed by atoms with E-state index in [2.05, 4.69) is 41.5 Å². The Morgan fingerprint density at radius 3 is 2.29 bits per heavy atom. The smallest absolute Gasteiger partial charge is 0.308 e. The summed E-state index contributed by atoms with van der Waals surface area (Å²) >= 11 is 0. The van der Waals surface area contributed by atoms with Crippen LogP contribution in [0.4, 0.5) is 0 Å². The Morgan fingerprint density at radius 1 is 0.943 bits per heavy atom. The van der Waals surface area contributed by atoms with Gasteiger partial charge in [0.05, 0.1) is 24.2 Å². The van der Waals surface area contributed by atoms with Crippen molar-refractivity contribution < 1.29 is 24.9 Å². The topological polar surface area (TPSA) is 87.0 Å². The molecular weight excluding hydrogens is 440 g/mol. The number of hydrogen-bond acceptors (Lipinski definition) is 5. The average molecular weight is 489 g/mol. The van der Waals surface area contributed by atoms with Gasteiger partial charge >= 0.3 is 5.97 Å². The van der Waals surface area contributed by atoms with Crippen molar-refractivity contribution in [3.63, 3.8) is 0 Å². The summed E-state index contributed by atoms with van der Waals surface area (Å²) in [7, 11) is 0. The standard InChI is InChI=1S/C30H48O5/c1-16-8-9-21(35-26(16)34)17(2)18-10-13-29(6)25-19(14-24(33)30(18,29)7)28(5)12-11-23(32)27(3,4)22(28)15-20(25)31/h16-18,20-24,31-33H,8-15H2,1-7H3/t16-,17+,18-,20-,21+,22+,23-,24+,28-,29+,30+/m1/s1. The molecule has 0 amide bonds. The van der Waals surface area contributed by atoms with Crippen LogP contribution < -0.4 is 0 Å². The highest BCUT2D eigenvalue weighted by Gasteiger charge is 2.68. The Bertz CT molecular complexity index is 924. The number of aliphatic hydroxyl groups excluding tert-OH is 3. The maximum absolute atomic E-state index is 12.4. The van der Waals surface area contributed by atoms with Crippen LogP contribution in [0.3, 0.4) is 0 Å². The van der Waals surface area contributed by atoms with E-state index in [9.17, 15) is 20.1 Å². The molecule has 0 aromatic rings. The van der Waals surface area contributed by atoms with Gasteiger partial charge < -0.3 is 20.1 Å². The molecule has 0 radical (unpaired) electrons. The van der Waals surface area contributed by atoms with Crippen LogP contribution >= 0.6 is 0 Å². The van der Waals surface area contributed by atoms with Crippen LogP contribution in [0.2, 0.25) is 0 Å². The second-order valence-corrected chi connectivity index (χ2v) is 14.3. The van der Waals surface area contributed by atoms with Gasteiger partial charge in [0.1, 0.15) is 6.10 Å². The van der Waals surface area contributed by atoms with Gasteiger partial charge in [-0.3, -0.25) is 4.79 Å². The Hall–Kier alpha value is -0.910. The molecule has 1 aliphatic heterocycles. The molecule has 0 unspecified atom stereocenters. The number of cyclic esters (lactones) is 1. The SMILES string of the molecule is C[C@H]([C@@H]1CC[C@@H](C)C(=O)O1)[C@H]1CC[C@@]2(C)C3=C(C[C@H](O)[C@]12C)[C@@]1(C)CC[C@@H](O)C(C)(C)[C@@H]1C[C@H]3O. The molecule has 35 heavy (non-hydrogen) atoms. The van der Waals surface area contributed by atoms with E-state index in [1.54, 1.807) is 0 Å². The lowest BCUT2D eigenvalue weighted by atomic mass is 9.42. The van der Waals surface area contributed by atoms with Crippen molar-refractivity contribution in [1.82, 2.24) is 0 Å². The van der Waals surface area contributed by atoms with Crippen LogP contribution in [-0.4, -0.2) is 45.7 Å². The molecule has 1 saturated heterocycles. The lowest BCUT2D eigenvalue weighted by molar-refractivity contribution is -0.169. The van der Waals surface area contributed by atoms with Crippen molar-refractivity contribution in [2.45, 2.75) is 124 Å². The minimum absolute atomic E-state index is 0.0276. The number of carbonyl (C=O) groups excluding carboxylic acids is 1. The van der Waals surface area contributed by atoms with Gasteiger partial charge in [-0.2, -0.15) is 0 Å². The number of rotatable bonds is 2. The van der Waals surface area contributed by atoms with Gasteiger partial charge in [0.25, 0.3) is 0 Å². The molecule has 0 bridgehead atoms. The zero-order valence-electron chi connectivity index (χ0n) is 22.9. The van der Waals surface area contributed by atoms with E-state index < -0.39 is 12.2 Å². The molecule has 11 atom stereocenters. The molecule has 2 saturated carbocycles. The average Bonchev–Trinajstić information content (AvgIpc) is 3.07. The van der Waals surface area contributed by atoms with Crippen LogP contribution in [-0.2, 0) is 9.53 Å². The lowest BCUT2D eigenvalue weighted by Crippen LogP contribution is -2.61. The first-order valence-corrected chi connectivity index (χ1v) is 14.2. The molecule has 5 aliphatic rings. The van der Waals surface area contributed by atoms with Crippen molar-refractivity contribution in [2.24, 2.45) is 45.3 Å². The molecule has 3 fully saturated rings. The first kappa shape index (κ1) is 25.7. The van der Waals surface area contributed by atoms with Gasteiger partial charge in [0, 0.05) is 5.41 Å². The van der Waals surface area contributed by atoms with Crippen LogP contribution in [0.1, 0.15) is 99.8 Å². The third-order valence-corrected chi connectivity index (χ3v) is 12.6. The number of ether oxygens (including phenoxy) is 1. The normalized spacial score (nSPS) is 52.3. The molecule has 0 aromatic carbocycles.